The summed E-state index contributed by atoms with van der Waals surface area (Å²) in [6, 6.07) is 1.30. The Hall–Kier alpha value is -2.00. The zero-order valence-corrected chi connectivity index (χ0v) is 17.4. The van der Waals surface area contributed by atoms with Crippen LogP contribution in [0.3, 0.4) is 0 Å². The van der Waals surface area contributed by atoms with E-state index in [-0.39, 0.29) is 11.5 Å². The first-order chi connectivity index (χ1) is 12.3. The van der Waals surface area contributed by atoms with Crippen molar-refractivity contribution in [1.82, 2.24) is 19.4 Å². The molecule has 9 heteroatoms. The summed E-state index contributed by atoms with van der Waals surface area (Å²) in [4.78, 5) is 31.7. The molecule has 1 amide bonds. The van der Waals surface area contributed by atoms with Gasteiger partial charge in [0, 0.05) is 11.1 Å². The standard InChI is InChI=1S/C17H20BrN5O2S/c1-5-6-12-7-13-16(26-12)19-11(4)23(17(13)25)21-15(24)10(3)22-8-14(18)9(2)20-22/h7-8,10H,5-6H2,1-4H3,(H,21,24). The number of amides is 1. The predicted octanol–water partition coefficient (Wildman–Crippen LogP) is 3.32. The Balaban J connectivity index is 1.92. The lowest BCUT2D eigenvalue weighted by atomic mass is 10.2. The Bertz CT molecular complexity index is 1020. The van der Waals surface area contributed by atoms with Gasteiger partial charge in [0.1, 0.15) is 16.7 Å². The molecule has 3 heterocycles. The van der Waals surface area contributed by atoms with Gasteiger partial charge in [-0.2, -0.15) is 5.10 Å². The second kappa shape index (κ2) is 7.32. The lowest BCUT2D eigenvalue weighted by Gasteiger charge is -2.15. The maximum absolute atomic E-state index is 12.8. The Labute approximate surface area is 163 Å². The normalized spacial score (nSPS) is 12.5. The van der Waals surface area contributed by atoms with Gasteiger partial charge in [-0.1, -0.05) is 13.3 Å². The smallest absolute Gasteiger partial charge is 0.271 e. The number of carbonyl (C=O) groups excluding carboxylic acids is 1. The third-order valence-electron chi connectivity index (χ3n) is 4.14. The van der Waals surface area contributed by atoms with Gasteiger partial charge < -0.3 is 0 Å². The molecule has 0 aliphatic rings. The van der Waals surface area contributed by atoms with Crippen LogP contribution in [0.15, 0.2) is 21.5 Å². The average molecular weight is 438 g/mol. The molecule has 7 nitrogen and oxygen atoms in total. The van der Waals surface area contributed by atoms with E-state index in [0.717, 1.165) is 27.9 Å². The number of aromatic nitrogens is 4. The molecule has 26 heavy (non-hydrogen) atoms. The molecule has 0 spiro atoms. The van der Waals surface area contributed by atoms with Crippen molar-refractivity contribution in [3.8, 4) is 0 Å². The first kappa shape index (κ1) is 18.8. The van der Waals surface area contributed by atoms with Crippen molar-refractivity contribution in [2.75, 3.05) is 5.43 Å². The monoisotopic (exact) mass is 437 g/mol. The van der Waals surface area contributed by atoms with Gasteiger partial charge in [0.2, 0.25) is 0 Å². The number of halogens is 1. The summed E-state index contributed by atoms with van der Waals surface area (Å²) in [5, 5.41) is 4.84. The number of fused-ring (bicyclic) bond motifs is 1. The molecule has 0 aliphatic carbocycles. The van der Waals surface area contributed by atoms with Crippen LogP contribution in [0.2, 0.25) is 0 Å². The zero-order chi connectivity index (χ0) is 19.0. The number of aryl methyl sites for hydroxylation is 3. The van der Waals surface area contributed by atoms with Crippen LogP contribution >= 0.6 is 27.3 Å². The summed E-state index contributed by atoms with van der Waals surface area (Å²) in [6.07, 6.45) is 3.66. The second-order valence-corrected chi connectivity index (χ2v) is 8.15. The average Bonchev–Trinajstić information content (AvgIpc) is 3.14. The van der Waals surface area contributed by atoms with E-state index in [1.807, 2.05) is 13.0 Å². The number of carbonyl (C=O) groups is 1. The van der Waals surface area contributed by atoms with Crippen LogP contribution in [0.4, 0.5) is 0 Å². The van der Waals surface area contributed by atoms with E-state index in [0.29, 0.717) is 16.0 Å². The molecule has 138 valence electrons. The fourth-order valence-corrected chi connectivity index (χ4v) is 4.07. The largest absolute Gasteiger partial charge is 0.281 e. The number of nitrogens with one attached hydrogen (secondary N) is 1. The van der Waals surface area contributed by atoms with E-state index >= 15 is 0 Å². The molecule has 0 aliphatic heterocycles. The molecule has 0 saturated heterocycles. The predicted molar refractivity (Wildman–Crippen MR) is 106 cm³/mol. The van der Waals surface area contributed by atoms with Crippen molar-refractivity contribution in [3.63, 3.8) is 0 Å². The van der Waals surface area contributed by atoms with Gasteiger partial charge in [0.25, 0.3) is 11.5 Å². The third-order valence-corrected chi connectivity index (χ3v) is 6.00. The van der Waals surface area contributed by atoms with Gasteiger partial charge >= 0.3 is 0 Å². The van der Waals surface area contributed by atoms with E-state index in [2.05, 4.69) is 38.4 Å². The summed E-state index contributed by atoms with van der Waals surface area (Å²) in [6.45, 7) is 7.38. The summed E-state index contributed by atoms with van der Waals surface area (Å²) < 4.78 is 3.61. The van der Waals surface area contributed by atoms with Crippen molar-refractivity contribution in [3.05, 3.63) is 43.5 Å². The molecule has 3 rings (SSSR count). The quantitative estimate of drug-likeness (QED) is 0.663. The number of thiophene rings is 1. The minimum atomic E-state index is -0.569. The Kier molecular flexibility index (Phi) is 5.29. The summed E-state index contributed by atoms with van der Waals surface area (Å²) in [5.41, 5.74) is 3.20. The van der Waals surface area contributed by atoms with Crippen molar-refractivity contribution in [2.45, 2.75) is 46.6 Å². The maximum atomic E-state index is 12.8. The second-order valence-electron chi connectivity index (χ2n) is 6.18. The van der Waals surface area contributed by atoms with Gasteiger partial charge in [-0.15, -0.1) is 11.3 Å². The van der Waals surface area contributed by atoms with Gasteiger partial charge in [-0.05, 0) is 49.2 Å². The molecule has 3 aromatic rings. The van der Waals surface area contributed by atoms with Crippen LogP contribution in [-0.2, 0) is 11.2 Å². The number of nitrogens with zero attached hydrogens (tertiary/aromatic N) is 4. The lowest BCUT2D eigenvalue weighted by molar-refractivity contribution is -0.120. The van der Waals surface area contributed by atoms with Gasteiger partial charge in [0.05, 0.1) is 15.6 Å². The Morgan fingerprint density at radius 1 is 1.42 bits per heavy atom. The summed E-state index contributed by atoms with van der Waals surface area (Å²) in [5.74, 6) is 0.112. The molecule has 0 radical (unpaired) electrons. The first-order valence-electron chi connectivity index (χ1n) is 8.36. The van der Waals surface area contributed by atoms with Gasteiger partial charge in [-0.25, -0.2) is 9.66 Å². The van der Waals surface area contributed by atoms with Gasteiger partial charge in [0.15, 0.2) is 0 Å². The minimum absolute atomic E-state index is 0.260. The van der Waals surface area contributed by atoms with Crippen LogP contribution in [-0.4, -0.2) is 25.3 Å². The molecule has 3 aromatic heterocycles. The van der Waals surface area contributed by atoms with E-state index in [1.165, 1.54) is 16.0 Å². The zero-order valence-electron chi connectivity index (χ0n) is 15.0. The van der Waals surface area contributed by atoms with Crippen LogP contribution < -0.4 is 11.0 Å². The number of rotatable bonds is 5. The van der Waals surface area contributed by atoms with E-state index in [4.69, 9.17) is 0 Å². The summed E-state index contributed by atoms with van der Waals surface area (Å²) in [7, 11) is 0. The fraction of sp³-hybridized carbons (Fsp3) is 0.412. The highest BCUT2D eigenvalue weighted by Gasteiger charge is 2.20. The van der Waals surface area contributed by atoms with Crippen molar-refractivity contribution < 1.29 is 4.79 Å². The van der Waals surface area contributed by atoms with Crippen molar-refractivity contribution in [2.24, 2.45) is 0 Å². The molecule has 1 unspecified atom stereocenters. The summed E-state index contributed by atoms with van der Waals surface area (Å²) >= 11 is 4.92. The van der Waals surface area contributed by atoms with Crippen LogP contribution in [0.1, 0.15) is 42.7 Å². The van der Waals surface area contributed by atoms with E-state index in [9.17, 15) is 9.59 Å². The molecule has 0 fully saturated rings. The minimum Gasteiger partial charge on any atom is -0.271 e. The highest BCUT2D eigenvalue weighted by atomic mass is 79.9. The Morgan fingerprint density at radius 3 is 2.77 bits per heavy atom. The van der Waals surface area contributed by atoms with E-state index < -0.39 is 6.04 Å². The lowest BCUT2D eigenvalue weighted by Crippen LogP contribution is -2.38. The molecule has 1 N–H and O–H groups in total. The topological polar surface area (TPSA) is 81.8 Å². The third kappa shape index (κ3) is 3.45. The van der Waals surface area contributed by atoms with Crippen LogP contribution in [0.25, 0.3) is 10.2 Å². The molecule has 0 saturated carbocycles. The number of hydrogen-bond donors (Lipinski definition) is 1. The highest BCUT2D eigenvalue weighted by Crippen LogP contribution is 2.23. The molecule has 0 aromatic carbocycles. The first-order valence-corrected chi connectivity index (χ1v) is 9.97. The van der Waals surface area contributed by atoms with Crippen LogP contribution in [0.5, 0.6) is 0 Å². The molecular formula is C17H20BrN5O2S. The molecule has 0 bridgehead atoms. The van der Waals surface area contributed by atoms with E-state index in [1.54, 1.807) is 24.7 Å². The SMILES string of the molecule is CCCc1cc2c(=O)n(NC(=O)C(C)n3cc(Br)c(C)n3)c(C)nc2s1. The maximum Gasteiger partial charge on any atom is 0.281 e. The van der Waals surface area contributed by atoms with Crippen molar-refractivity contribution >= 4 is 43.4 Å². The Morgan fingerprint density at radius 2 is 2.15 bits per heavy atom. The highest BCUT2D eigenvalue weighted by molar-refractivity contribution is 9.10. The van der Waals surface area contributed by atoms with Crippen molar-refractivity contribution in [1.29, 1.82) is 0 Å². The fourth-order valence-electron chi connectivity index (χ4n) is 2.61. The van der Waals surface area contributed by atoms with Gasteiger partial charge in [-0.3, -0.25) is 19.7 Å². The number of hydrogen-bond acceptors (Lipinski definition) is 5. The van der Waals surface area contributed by atoms with Crippen LogP contribution in [0, 0.1) is 13.8 Å². The molecular weight excluding hydrogens is 418 g/mol. The molecule has 1 atom stereocenters.